The van der Waals surface area contributed by atoms with Crippen LogP contribution >= 0.6 is 0 Å². The van der Waals surface area contributed by atoms with Gasteiger partial charge in [-0.1, -0.05) is 6.08 Å². The molecule has 0 spiro atoms. The Morgan fingerprint density at radius 1 is 1.44 bits per heavy atom. The van der Waals surface area contributed by atoms with Crippen LogP contribution in [0, 0.1) is 0 Å². The number of rotatable bonds is 5. The molecule has 0 saturated heterocycles. The van der Waals surface area contributed by atoms with Gasteiger partial charge >= 0.3 is 15.5 Å². The van der Waals surface area contributed by atoms with Gasteiger partial charge in [0.2, 0.25) is 5.88 Å². The largest absolute Gasteiger partial charge is 0.516 e. The molecule has 8 heteroatoms. The van der Waals surface area contributed by atoms with E-state index in [4.69, 9.17) is 4.42 Å². The molecule has 0 amide bonds. The predicted octanol–water partition coefficient (Wildman–Crippen LogP) is 2.68. The summed E-state index contributed by atoms with van der Waals surface area (Å²) in [6.45, 7) is 3.49. The highest BCUT2D eigenvalue weighted by Gasteiger charge is 2.49. The summed E-state index contributed by atoms with van der Waals surface area (Å²) in [6.07, 6.45) is 2.66. The molecule has 18 heavy (non-hydrogen) atoms. The summed E-state index contributed by atoms with van der Waals surface area (Å²) in [6, 6.07) is 2.61. The maximum absolute atomic E-state index is 12.3. The van der Waals surface area contributed by atoms with Gasteiger partial charge in [-0.15, -0.1) is 6.58 Å². The van der Waals surface area contributed by atoms with Crippen molar-refractivity contribution in [2.75, 3.05) is 11.4 Å². The van der Waals surface area contributed by atoms with Gasteiger partial charge in [0.1, 0.15) is 5.76 Å². The quantitative estimate of drug-likeness (QED) is 0.781. The molecule has 4 nitrogen and oxygen atoms in total. The highest BCUT2D eigenvalue weighted by molar-refractivity contribution is 7.93. The molecule has 0 fully saturated rings. The molecule has 0 aliphatic rings. The summed E-state index contributed by atoms with van der Waals surface area (Å²) in [5.74, 6) is 0.0283. The van der Waals surface area contributed by atoms with Gasteiger partial charge in [0, 0.05) is 19.5 Å². The average Bonchev–Trinajstić information content (AvgIpc) is 2.72. The third-order valence-corrected chi connectivity index (χ3v) is 3.69. The molecule has 0 aromatic carbocycles. The number of alkyl halides is 3. The molecule has 1 rings (SSSR count). The van der Waals surface area contributed by atoms with Crippen molar-refractivity contribution in [3.63, 3.8) is 0 Å². The molecule has 0 N–H and O–H groups in total. The van der Waals surface area contributed by atoms with E-state index in [2.05, 4.69) is 6.58 Å². The van der Waals surface area contributed by atoms with Gasteiger partial charge in [-0.05, 0) is 12.5 Å². The zero-order valence-corrected chi connectivity index (χ0v) is 10.4. The lowest BCUT2D eigenvalue weighted by atomic mass is 10.2. The molecule has 0 aliphatic heterocycles. The van der Waals surface area contributed by atoms with Crippen molar-refractivity contribution in [3.8, 4) is 0 Å². The number of aryl methyl sites for hydroxylation is 1. The zero-order chi connectivity index (χ0) is 14.0. The Kier molecular flexibility index (Phi) is 4.10. The molecule has 0 aliphatic carbocycles. The Balaban J connectivity index is 2.95. The monoisotopic (exact) mass is 283 g/mol. The summed E-state index contributed by atoms with van der Waals surface area (Å²) in [5, 5.41) is 0. The van der Waals surface area contributed by atoms with E-state index in [1.807, 2.05) is 0 Å². The van der Waals surface area contributed by atoms with Crippen molar-refractivity contribution in [1.82, 2.24) is 0 Å². The van der Waals surface area contributed by atoms with E-state index in [1.54, 1.807) is 6.08 Å². The molecule has 1 aromatic rings. The van der Waals surface area contributed by atoms with Crippen LogP contribution in [0.2, 0.25) is 0 Å². The summed E-state index contributed by atoms with van der Waals surface area (Å²) in [7, 11) is -4.63. The van der Waals surface area contributed by atoms with Crippen LogP contribution < -0.4 is 4.31 Å². The second kappa shape index (κ2) is 5.05. The Morgan fingerprint density at radius 3 is 2.56 bits per heavy atom. The standard InChI is InChI=1S/C10H12F3NO3S/c1-3-4-5-8-6-7-9(17-8)14(2)18(15,16)10(11,12)13/h3,6-7H,1,4-5H2,2H3. The highest BCUT2D eigenvalue weighted by Crippen LogP contribution is 2.30. The lowest BCUT2D eigenvalue weighted by Gasteiger charge is -2.17. The van der Waals surface area contributed by atoms with Gasteiger partial charge in [0.05, 0.1) is 0 Å². The minimum Gasteiger partial charge on any atom is -0.445 e. The molecule has 0 bridgehead atoms. The van der Waals surface area contributed by atoms with Gasteiger partial charge < -0.3 is 4.42 Å². The predicted molar refractivity (Wildman–Crippen MR) is 60.6 cm³/mol. The highest BCUT2D eigenvalue weighted by atomic mass is 32.2. The number of sulfonamides is 1. The topological polar surface area (TPSA) is 50.5 Å². The second-order valence-corrected chi connectivity index (χ2v) is 5.45. The first kappa shape index (κ1) is 14.6. The maximum atomic E-state index is 12.3. The molecular weight excluding hydrogens is 271 g/mol. The van der Waals surface area contributed by atoms with Crippen molar-refractivity contribution < 1.29 is 26.0 Å². The van der Waals surface area contributed by atoms with Crippen LogP contribution in [0.5, 0.6) is 0 Å². The fourth-order valence-corrected chi connectivity index (χ4v) is 1.83. The molecule has 1 aromatic heterocycles. The Hall–Kier alpha value is -1.44. The van der Waals surface area contributed by atoms with E-state index in [1.165, 1.54) is 12.1 Å². The molecule has 1 heterocycles. The van der Waals surface area contributed by atoms with Crippen LogP contribution in [0.25, 0.3) is 0 Å². The van der Waals surface area contributed by atoms with Gasteiger partial charge in [0.25, 0.3) is 0 Å². The van der Waals surface area contributed by atoms with Gasteiger partial charge in [-0.3, -0.25) is 0 Å². The maximum Gasteiger partial charge on any atom is 0.516 e. The van der Waals surface area contributed by atoms with Crippen molar-refractivity contribution in [1.29, 1.82) is 0 Å². The Bertz CT molecular complexity index is 519. The van der Waals surface area contributed by atoms with E-state index < -0.39 is 15.5 Å². The van der Waals surface area contributed by atoms with Crippen molar-refractivity contribution in [3.05, 3.63) is 30.5 Å². The van der Waals surface area contributed by atoms with Crippen LogP contribution in [0.15, 0.2) is 29.2 Å². The number of halogens is 3. The molecule has 0 saturated carbocycles. The summed E-state index contributed by atoms with van der Waals surface area (Å²) >= 11 is 0. The molecular formula is C10H12F3NO3S. The van der Waals surface area contributed by atoms with E-state index >= 15 is 0 Å². The van der Waals surface area contributed by atoms with E-state index in [0.29, 0.717) is 18.6 Å². The second-order valence-electron chi connectivity index (χ2n) is 3.49. The van der Waals surface area contributed by atoms with Crippen LogP contribution in [0.4, 0.5) is 19.1 Å². The van der Waals surface area contributed by atoms with Crippen molar-refractivity contribution in [2.24, 2.45) is 0 Å². The SMILES string of the molecule is C=CCCc1ccc(N(C)S(=O)(=O)C(F)(F)F)o1. The fourth-order valence-electron chi connectivity index (χ4n) is 1.19. The van der Waals surface area contributed by atoms with Gasteiger partial charge in [0.15, 0.2) is 0 Å². The van der Waals surface area contributed by atoms with Crippen LogP contribution in [-0.4, -0.2) is 21.0 Å². The van der Waals surface area contributed by atoms with Crippen LogP contribution in [0.1, 0.15) is 12.2 Å². The zero-order valence-electron chi connectivity index (χ0n) is 9.57. The van der Waals surface area contributed by atoms with Crippen molar-refractivity contribution in [2.45, 2.75) is 18.3 Å². The van der Waals surface area contributed by atoms with E-state index in [-0.39, 0.29) is 10.2 Å². The van der Waals surface area contributed by atoms with Crippen LogP contribution in [-0.2, 0) is 16.4 Å². The van der Waals surface area contributed by atoms with Gasteiger partial charge in [-0.2, -0.15) is 21.6 Å². The lowest BCUT2D eigenvalue weighted by molar-refractivity contribution is -0.0437. The first-order valence-electron chi connectivity index (χ1n) is 4.95. The molecule has 0 atom stereocenters. The summed E-state index contributed by atoms with van der Waals surface area (Å²) in [5.41, 5.74) is -5.35. The Morgan fingerprint density at radius 2 is 2.06 bits per heavy atom. The lowest BCUT2D eigenvalue weighted by Crippen LogP contribution is -2.37. The number of hydrogen-bond acceptors (Lipinski definition) is 3. The van der Waals surface area contributed by atoms with Gasteiger partial charge in [-0.25, -0.2) is 4.31 Å². The number of furan rings is 1. The normalized spacial score (nSPS) is 12.4. The number of allylic oxidation sites excluding steroid dienone is 1. The first-order chi connectivity index (χ1) is 8.20. The third-order valence-electron chi connectivity index (χ3n) is 2.21. The first-order valence-corrected chi connectivity index (χ1v) is 6.39. The minimum absolute atomic E-state index is 0.0738. The molecule has 0 radical (unpaired) electrons. The van der Waals surface area contributed by atoms with E-state index in [9.17, 15) is 21.6 Å². The van der Waals surface area contributed by atoms with E-state index in [0.717, 1.165) is 7.05 Å². The third kappa shape index (κ3) is 2.87. The summed E-state index contributed by atoms with van der Waals surface area (Å²) < 4.78 is 64.2. The van der Waals surface area contributed by atoms with Crippen molar-refractivity contribution >= 4 is 15.9 Å². The molecule has 0 unspecified atom stereocenters. The Labute approximate surface area is 103 Å². The fraction of sp³-hybridized carbons (Fsp3) is 0.400. The average molecular weight is 283 g/mol. The number of hydrogen-bond donors (Lipinski definition) is 0. The number of nitrogens with zero attached hydrogens (tertiary/aromatic N) is 1. The molecule has 102 valence electrons. The van der Waals surface area contributed by atoms with Crippen LogP contribution in [0.3, 0.4) is 0 Å². The minimum atomic E-state index is -5.42. The number of anilines is 1. The smallest absolute Gasteiger partial charge is 0.445 e. The summed E-state index contributed by atoms with van der Waals surface area (Å²) in [4.78, 5) is 0.